The number of nitrogens with one attached hydrogen (secondary N) is 1. The number of rotatable bonds is 4. The molecule has 0 radical (unpaired) electrons. The van der Waals surface area contributed by atoms with Crippen LogP contribution in [0, 0.1) is 13.8 Å². The zero-order chi connectivity index (χ0) is 12.3. The maximum Gasteiger partial charge on any atom is 0.105 e. The predicted octanol–water partition coefficient (Wildman–Crippen LogP) is 2.46. The van der Waals surface area contributed by atoms with E-state index in [1.54, 1.807) is 0 Å². The molecule has 1 unspecified atom stereocenters. The maximum atomic E-state index is 4.26. The number of likely N-dealkylation sites (N-methyl/N-ethyl adjacent to an activating group) is 1. The molecule has 0 spiro atoms. The van der Waals surface area contributed by atoms with Crippen LogP contribution in [0.2, 0.25) is 0 Å². The second-order valence-electron chi connectivity index (χ2n) is 4.32. The van der Waals surface area contributed by atoms with E-state index in [0.717, 1.165) is 12.4 Å². The minimum absolute atomic E-state index is 0.323. The Morgan fingerprint density at radius 3 is 2.65 bits per heavy atom. The van der Waals surface area contributed by atoms with Gasteiger partial charge in [-0.25, -0.2) is 4.98 Å². The Labute approximate surface area is 103 Å². The quantitative estimate of drug-likeness (QED) is 0.872. The molecular weight excluding hydrogens is 210 g/mol. The molecule has 3 nitrogen and oxygen atoms in total. The molecule has 0 saturated heterocycles. The lowest BCUT2D eigenvalue weighted by atomic mass is 10.0. The first-order valence-corrected chi connectivity index (χ1v) is 5.93. The van der Waals surface area contributed by atoms with Crippen molar-refractivity contribution in [1.82, 2.24) is 14.9 Å². The Bertz CT molecular complexity index is 488. The van der Waals surface area contributed by atoms with Gasteiger partial charge in [-0.05, 0) is 32.0 Å². The summed E-state index contributed by atoms with van der Waals surface area (Å²) in [4.78, 5) is 4.26. The van der Waals surface area contributed by atoms with Gasteiger partial charge in [0.05, 0.1) is 6.04 Å². The van der Waals surface area contributed by atoms with E-state index in [-0.39, 0.29) is 0 Å². The van der Waals surface area contributed by atoms with Gasteiger partial charge in [0.2, 0.25) is 0 Å². The summed E-state index contributed by atoms with van der Waals surface area (Å²) < 4.78 is 2.17. The van der Waals surface area contributed by atoms with Crippen LogP contribution in [0.4, 0.5) is 0 Å². The zero-order valence-corrected chi connectivity index (χ0v) is 10.6. The van der Waals surface area contributed by atoms with Crippen molar-refractivity contribution in [2.45, 2.75) is 26.4 Å². The third-order valence-electron chi connectivity index (χ3n) is 3.22. The predicted molar refractivity (Wildman–Crippen MR) is 69.9 cm³/mol. The van der Waals surface area contributed by atoms with Gasteiger partial charge in [0, 0.05) is 18.9 Å². The van der Waals surface area contributed by atoms with Crippen molar-refractivity contribution in [3.05, 3.63) is 53.6 Å². The van der Waals surface area contributed by atoms with Gasteiger partial charge in [0.15, 0.2) is 0 Å². The normalized spacial score (nSPS) is 12.6. The summed E-state index contributed by atoms with van der Waals surface area (Å²) in [6, 6.07) is 8.83. The highest BCUT2D eigenvalue weighted by atomic mass is 15.1. The van der Waals surface area contributed by atoms with Gasteiger partial charge in [-0.2, -0.15) is 0 Å². The van der Waals surface area contributed by atoms with Gasteiger partial charge in [0.1, 0.15) is 5.82 Å². The van der Waals surface area contributed by atoms with Crippen molar-refractivity contribution in [2.24, 2.45) is 0 Å². The molecule has 2 aromatic rings. The Balaban J connectivity index is 2.23. The number of benzene rings is 1. The lowest BCUT2D eigenvalue weighted by molar-refractivity contribution is 0.491. The number of imidazole rings is 1. The standard InChI is InChI=1S/C14H19N3/c1-11-6-4-5-7-13(11)14(15-3)10-17-9-8-16-12(17)2/h4-9,14-15H,10H2,1-3H3. The Hall–Kier alpha value is -1.61. The molecule has 3 heteroatoms. The molecular formula is C14H19N3. The Morgan fingerprint density at radius 1 is 1.29 bits per heavy atom. The highest BCUT2D eigenvalue weighted by Gasteiger charge is 2.12. The van der Waals surface area contributed by atoms with E-state index in [2.05, 4.69) is 46.1 Å². The van der Waals surface area contributed by atoms with E-state index < -0.39 is 0 Å². The lowest BCUT2D eigenvalue weighted by Crippen LogP contribution is -2.23. The Kier molecular flexibility index (Phi) is 3.59. The first kappa shape index (κ1) is 11.9. The van der Waals surface area contributed by atoms with Gasteiger partial charge in [0.25, 0.3) is 0 Å². The molecule has 0 amide bonds. The molecule has 1 aromatic heterocycles. The third kappa shape index (κ3) is 2.56. The van der Waals surface area contributed by atoms with Gasteiger partial charge >= 0.3 is 0 Å². The number of hydrogen-bond acceptors (Lipinski definition) is 2. The zero-order valence-electron chi connectivity index (χ0n) is 10.6. The van der Waals surface area contributed by atoms with Crippen LogP contribution in [0.15, 0.2) is 36.7 Å². The first-order valence-electron chi connectivity index (χ1n) is 5.93. The van der Waals surface area contributed by atoms with Crippen LogP contribution in [0.1, 0.15) is 23.0 Å². The van der Waals surface area contributed by atoms with Crippen molar-refractivity contribution in [3.8, 4) is 0 Å². The lowest BCUT2D eigenvalue weighted by Gasteiger charge is -2.20. The summed E-state index contributed by atoms with van der Waals surface area (Å²) in [6.07, 6.45) is 3.87. The Morgan fingerprint density at radius 2 is 2.06 bits per heavy atom. The molecule has 0 aliphatic carbocycles. The smallest absolute Gasteiger partial charge is 0.105 e. The van der Waals surface area contributed by atoms with Crippen molar-refractivity contribution in [3.63, 3.8) is 0 Å². The summed E-state index contributed by atoms with van der Waals surface area (Å²) in [7, 11) is 2.00. The summed E-state index contributed by atoms with van der Waals surface area (Å²) in [5.41, 5.74) is 2.67. The number of aryl methyl sites for hydroxylation is 2. The average Bonchev–Trinajstić information content (AvgIpc) is 2.73. The molecule has 0 fully saturated rings. The van der Waals surface area contributed by atoms with E-state index in [1.807, 2.05) is 26.4 Å². The van der Waals surface area contributed by atoms with Crippen molar-refractivity contribution < 1.29 is 0 Å². The first-order chi connectivity index (χ1) is 8.22. The molecule has 1 atom stereocenters. The fraction of sp³-hybridized carbons (Fsp3) is 0.357. The summed E-state index contributed by atoms with van der Waals surface area (Å²) in [6.45, 7) is 5.10. The summed E-state index contributed by atoms with van der Waals surface area (Å²) in [5.74, 6) is 1.05. The van der Waals surface area contributed by atoms with Crippen LogP contribution in [-0.2, 0) is 6.54 Å². The van der Waals surface area contributed by atoms with E-state index >= 15 is 0 Å². The number of nitrogens with zero attached hydrogens (tertiary/aromatic N) is 2. The highest BCUT2D eigenvalue weighted by molar-refractivity contribution is 5.28. The molecule has 90 valence electrons. The second-order valence-corrected chi connectivity index (χ2v) is 4.32. The van der Waals surface area contributed by atoms with Gasteiger partial charge in [-0.3, -0.25) is 0 Å². The third-order valence-corrected chi connectivity index (χ3v) is 3.22. The van der Waals surface area contributed by atoms with Gasteiger partial charge < -0.3 is 9.88 Å². The van der Waals surface area contributed by atoms with Crippen molar-refractivity contribution in [1.29, 1.82) is 0 Å². The maximum absolute atomic E-state index is 4.26. The average molecular weight is 229 g/mol. The van der Waals surface area contributed by atoms with E-state index in [9.17, 15) is 0 Å². The molecule has 17 heavy (non-hydrogen) atoms. The van der Waals surface area contributed by atoms with Crippen molar-refractivity contribution >= 4 is 0 Å². The van der Waals surface area contributed by atoms with Crippen LogP contribution >= 0.6 is 0 Å². The van der Waals surface area contributed by atoms with Crippen LogP contribution in [0.3, 0.4) is 0 Å². The monoisotopic (exact) mass is 229 g/mol. The van der Waals surface area contributed by atoms with Gasteiger partial charge in [-0.1, -0.05) is 24.3 Å². The molecule has 2 rings (SSSR count). The minimum atomic E-state index is 0.323. The fourth-order valence-electron chi connectivity index (χ4n) is 2.12. The van der Waals surface area contributed by atoms with Crippen LogP contribution in [-0.4, -0.2) is 16.6 Å². The molecule has 0 bridgehead atoms. The highest BCUT2D eigenvalue weighted by Crippen LogP contribution is 2.19. The molecule has 0 saturated carbocycles. The molecule has 1 aromatic carbocycles. The van der Waals surface area contributed by atoms with Crippen LogP contribution in [0.5, 0.6) is 0 Å². The second kappa shape index (κ2) is 5.15. The van der Waals surface area contributed by atoms with E-state index in [4.69, 9.17) is 0 Å². The largest absolute Gasteiger partial charge is 0.333 e. The minimum Gasteiger partial charge on any atom is -0.333 e. The fourth-order valence-corrected chi connectivity index (χ4v) is 2.12. The molecule has 0 aliphatic heterocycles. The topological polar surface area (TPSA) is 29.9 Å². The molecule has 1 heterocycles. The molecule has 0 aliphatic rings. The van der Waals surface area contributed by atoms with E-state index in [0.29, 0.717) is 6.04 Å². The number of hydrogen-bond donors (Lipinski definition) is 1. The molecule has 1 N–H and O–H groups in total. The summed E-state index contributed by atoms with van der Waals surface area (Å²) >= 11 is 0. The van der Waals surface area contributed by atoms with Crippen LogP contribution < -0.4 is 5.32 Å². The SMILES string of the molecule is CNC(Cn1ccnc1C)c1ccccc1C. The van der Waals surface area contributed by atoms with Gasteiger partial charge in [-0.15, -0.1) is 0 Å². The number of aromatic nitrogens is 2. The van der Waals surface area contributed by atoms with Crippen molar-refractivity contribution in [2.75, 3.05) is 7.05 Å². The van der Waals surface area contributed by atoms with E-state index in [1.165, 1.54) is 11.1 Å². The van der Waals surface area contributed by atoms with Crippen LogP contribution in [0.25, 0.3) is 0 Å². The summed E-state index contributed by atoms with van der Waals surface area (Å²) in [5, 5.41) is 3.38.